The first-order valence-corrected chi connectivity index (χ1v) is 10.6. The van der Waals surface area contributed by atoms with Crippen LogP contribution >= 0.6 is 23.1 Å². The Morgan fingerprint density at radius 1 is 1.22 bits per heavy atom. The number of aromatic nitrogens is 1. The lowest BCUT2D eigenvalue weighted by Crippen LogP contribution is -2.18. The van der Waals surface area contributed by atoms with Gasteiger partial charge in [-0.2, -0.15) is 16.8 Å². The van der Waals surface area contributed by atoms with E-state index in [-0.39, 0.29) is 11.7 Å². The maximum atomic E-state index is 13.6. The maximum Gasteiger partial charge on any atom is 0.279 e. The molecule has 0 N–H and O–H groups in total. The summed E-state index contributed by atoms with van der Waals surface area (Å²) in [6, 6.07) is 9.69. The number of carbonyl (C=O) groups excluding carboxylic acids is 1. The van der Waals surface area contributed by atoms with Crippen LogP contribution in [0.5, 0.6) is 11.5 Å². The molecule has 0 spiro atoms. The highest BCUT2D eigenvalue weighted by Gasteiger charge is 2.15. The maximum absolute atomic E-state index is 13.6. The molecule has 2 aromatic carbocycles. The van der Waals surface area contributed by atoms with Crippen LogP contribution in [0.1, 0.15) is 10.4 Å². The fraction of sp³-hybridized carbons (Fsp3) is 0.263. The number of fused-ring (bicyclic) bond motifs is 2. The number of halogens is 1. The minimum absolute atomic E-state index is 0.300. The fourth-order valence-corrected chi connectivity index (χ4v) is 4.30. The number of thiazole rings is 1. The minimum Gasteiger partial charge on any atom is -0.486 e. The van der Waals surface area contributed by atoms with E-state index in [1.54, 1.807) is 36.0 Å². The highest BCUT2D eigenvalue weighted by atomic mass is 32.2. The third-order valence-corrected chi connectivity index (χ3v) is 5.78. The molecule has 27 heavy (non-hydrogen) atoms. The number of ether oxygens (including phenoxy) is 2. The third kappa shape index (κ3) is 3.72. The number of nitrogens with zero attached hydrogens (tertiary/aromatic N) is 2. The Labute approximate surface area is 163 Å². The number of hydrogen-bond acceptors (Lipinski definition) is 5. The van der Waals surface area contributed by atoms with Gasteiger partial charge in [-0.05, 0) is 42.7 Å². The summed E-state index contributed by atoms with van der Waals surface area (Å²) in [6.45, 7) is 1.65. The fourth-order valence-electron chi connectivity index (χ4n) is 2.86. The molecule has 1 aliphatic heterocycles. The standard InChI is InChI=1S/C19H17FN2O3S2/c1-26-9-6-22-14-4-3-13(20)11-17(14)27-19(22)21-18(23)12-2-5-15-16(10-12)25-8-7-24-15/h2-5,10-11H,6-9H2,1H3. The molecule has 0 saturated heterocycles. The molecule has 0 atom stereocenters. The molecule has 4 rings (SSSR count). The molecule has 3 aromatic rings. The van der Waals surface area contributed by atoms with E-state index >= 15 is 0 Å². The van der Waals surface area contributed by atoms with Crippen LogP contribution in [-0.4, -0.2) is 35.7 Å². The van der Waals surface area contributed by atoms with Crippen molar-refractivity contribution in [3.05, 3.63) is 52.6 Å². The van der Waals surface area contributed by atoms with Crippen molar-refractivity contribution < 1.29 is 18.7 Å². The molecular weight excluding hydrogens is 387 g/mol. The van der Waals surface area contributed by atoms with E-state index in [4.69, 9.17) is 9.47 Å². The molecule has 0 unspecified atom stereocenters. The van der Waals surface area contributed by atoms with Crippen LogP contribution in [0.15, 0.2) is 41.4 Å². The van der Waals surface area contributed by atoms with Gasteiger partial charge in [0.05, 0.1) is 10.2 Å². The Hall–Kier alpha value is -2.32. The summed E-state index contributed by atoms with van der Waals surface area (Å²) in [4.78, 5) is 17.6. The molecule has 0 bridgehead atoms. The van der Waals surface area contributed by atoms with Gasteiger partial charge in [-0.3, -0.25) is 4.79 Å². The largest absolute Gasteiger partial charge is 0.486 e. The van der Waals surface area contributed by atoms with Crippen molar-refractivity contribution in [2.24, 2.45) is 4.99 Å². The number of rotatable bonds is 4. The van der Waals surface area contributed by atoms with Crippen LogP contribution < -0.4 is 14.3 Å². The van der Waals surface area contributed by atoms with E-state index < -0.39 is 0 Å². The second-order valence-corrected chi connectivity index (χ2v) is 7.91. The number of aryl methyl sites for hydroxylation is 1. The second-order valence-electron chi connectivity index (χ2n) is 5.92. The van der Waals surface area contributed by atoms with Crippen LogP contribution in [0.4, 0.5) is 4.39 Å². The van der Waals surface area contributed by atoms with E-state index in [0.717, 1.165) is 16.0 Å². The molecule has 8 heteroatoms. The quantitative estimate of drug-likeness (QED) is 0.665. The summed E-state index contributed by atoms with van der Waals surface area (Å²) in [5.41, 5.74) is 1.31. The minimum atomic E-state index is -0.364. The highest BCUT2D eigenvalue weighted by Crippen LogP contribution is 2.31. The Bertz CT molecular complexity index is 1070. The van der Waals surface area contributed by atoms with Crippen LogP contribution in [-0.2, 0) is 6.54 Å². The Morgan fingerprint density at radius 2 is 2.04 bits per heavy atom. The predicted octanol–water partition coefficient (Wildman–Crippen LogP) is 3.72. The molecule has 1 aliphatic rings. The molecule has 2 heterocycles. The zero-order valence-electron chi connectivity index (χ0n) is 14.6. The summed E-state index contributed by atoms with van der Waals surface area (Å²) in [5.74, 6) is 1.39. The zero-order valence-corrected chi connectivity index (χ0v) is 16.2. The van der Waals surface area contributed by atoms with E-state index in [9.17, 15) is 9.18 Å². The second kappa shape index (κ2) is 7.74. The molecule has 5 nitrogen and oxygen atoms in total. The molecule has 0 fully saturated rings. The van der Waals surface area contributed by atoms with Crippen LogP contribution in [0.2, 0.25) is 0 Å². The van der Waals surface area contributed by atoms with Gasteiger partial charge in [0.15, 0.2) is 16.3 Å². The SMILES string of the molecule is CSCCn1c(=NC(=O)c2ccc3c(c2)OCCO3)sc2cc(F)ccc21. The summed E-state index contributed by atoms with van der Waals surface area (Å²) < 4.78 is 27.3. The van der Waals surface area contributed by atoms with Crippen molar-refractivity contribution in [3.63, 3.8) is 0 Å². The van der Waals surface area contributed by atoms with Gasteiger partial charge in [0.2, 0.25) is 0 Å². The monoisotopic (exact) mass is 404 g/mol. The summed E-state index contributed by atoms with van der Waals surface area (Å²) in [6.07, 6.45) is 2.02. The lowest BCUT2D eigenvalue weighted by molar-refractivity contribution is 0.0996. The van der Waals surface area contributed by atoms with Gasteiger partial charge in [-0.1, -0.05) is 11.3 Å². The van der Waals surface area contributed by atoms with E-state index in [0.29, 0.717) is 41.6 Å². The summed E-state index contributed by atoms with van der Waals surface area (Å²) in [5, 5.41) is 0. The predicted molar refractivity (Wildman–Crippen MR) is 105 cm³/mol. The molecule has 0 radical (unpaired) electrons. The number of carbonyl (C=O) groups is 1. The van der Waals surface area contributed by atoms with Crippen molar-refractivity contribution in [1.29, 1.82) is 0 Å². The Balaban J connectivity index is 1.76. The van der Waals surface area contributed by atoms with Crippen LogP contribution in [0, 0.1) is 5.82 Å². The molecule has 140 valence electrons. The lowest BCUT2D eigenvalue weighted by atomic mass is 10.2. The zero-order chi connectivity index (χ0) is 18.8. The first-order chi connectivity index (χ1) is 13.2. The number of amides is 1. The van der Waals surface area contributed by atoms with Gasteiger partial charge in [0.25, 0.3) is 5.91 Å². The van der Waals surface area contributed by atoms with Gasteiger partial charge in [0.1, 0.15) is 19.0 Å². The summed E-state index contributed by atoms with van der Waals surface area (Å²) >= 11 is 3.01. The normalized spacial score (nSPS) is 13.9. The van der Waals surface area contributed by atoms with Crippen LogP contribution in [0.25, 0.3) is 10.2 Å². The van der Waals surface area contributed by atoms with Crippen molar-refractivity contribution in [2.75, 3.05) is 25.2 Å². The smallest absolute Gasteiger partial charge is 0.279 e. The average molecular weight is 404 g/mol. The van der Waals surface area contributed by atoms with E-state index in [1.165, 1.54) is 23.5 Å². The van der Waals surface area contributed by atoms with E-state index in [2.05, 4.69) is 4.99 Å². The van der Waals surface area contributed by atoms with Gasteiger partial charge >= 0.3 is 0 Å². The number of thioether (sulfide) groups is 1. The topological polar surface area (TPSA) is 52.8 Å². The summed E-state index contributed by atoms with van der Waals surface area (Å²) in [7, 11) is 0. The first kappa shape index (κ1) is 18.1. The highest BCUT2D eigenvalue weighted by molar-refractivity contribution is 7.98. The molecular formula is C19H17FN2O3S2. The average Bonchev–Trinajstić information content (AvgIpc) is 3.01. The number of benzene rings is 2. The molecule has 1 aromatic heterocycles. The van der Waals surface area contributed by atoms with Crippen LogP contribution in [0.3, 0.4) is 0 Å². The van der Waals surface area contributed by atoms with Crippen molar-refractivity contribution in [1.82, 2.24) is 4.57 Å². The van der Waals surface area contributed by atoms with Gasteiger partial charge in [0, 0.05) is 17.9 Å². The number of hydrogen-bond donors (Lipinski definition) is 0. The lowest BCUT2D eigenvalue weighted by Gasteiger charge is -2.18. The van der Waals surface area contributed by atoms with Gasteiger partial charge < -0.3 is 14.0 Å². The van der Waals surface area contributed by atoms with Gasteiger partial charge in [-0.25, -0.2) is 4.39 Å². The van der Waals surface area contributed by atoms with Crippen molar-refractivity contribution in [2.45, 2.75) is 6.54 Å². The molecule has 0 saturated carbocycles. The van der Waals surface area contributed by atoms with E-state index in [1.807, 2.05) is 10.8 Å². The Kier molecular flexibility index (Phi) is 5.18. The third-order valence-electron chi connectivity index (χ3n) is 4.15. The Morgan fingerprint density at radius 3 is 2.85 bits per heavy atom. The van der Waals surface area contributed by atoms with Crippen molar-refractivity contribution in [3.8, 4) is 11.5 Å². The van der Waals surface area contributed by atoms with Gasteiger partial charge in [-0.15, -0.1) is 0 Å². The van der Waals surface area contributed by atoms with Crippen molar-refractivity contribution >= 4 is 39.2 Å². The first-order valence-electron chi connectivity index (χ1n) is 8.42. The molecule has 0 aliphatic carbocycles. The molecule has 1 amide bonds.